The lowest BCUT2D eigenvalue weighted by Crippen LogP contribution is -2.18. The van der Waals surface area contributed by atoms with E-state index in [1.165, 1.54) is 12.1 Å². The van der Waals surface area contributed by atoms with Gasteiger partial charge in [0.1, 0.15) is 17.2 Å². The Balaban J connectivity index is 1.37. The van der Waals surface area contributed by atoms with Crippen molar-refractivity contribution < 1.29 is 9.13 Å². The third-order valence-corrected chi connectivity index (χ3v) is 4.69. The number of nitrogens with zero attached hydrogens (tertiary/aromatic N) is 4. The van der Waals surface area contributed by atoms with E-state index in [0.29, 0.717) is 25.6 Å². The molecular formula is C24H24FN5O. The molecule has 1 N–H and O–H groups in total. The summed E-state index contributed by atoms with van der Waals surface area (Å²) in [7, 11) is 0. The Labute approximate surface area is 180 Å². The van der Waals surface area contributed by atoms with Crippen LogP contribution in [0.4, 0.5) is 4.39 Å². The zero-order chi connectivity index (χ0) is 21.3. The maximum atomic E-state index is 13.2. The van der Waals surface area contributed by atoms with Crippen molar-refractivity contribution in [2.24, 2.45) is 0 Å². The maximum Gasteiger partial charge on any atom is 0.213 e. The Morgan fingerprint density at radius 3 is 2.48 bits per heavy atom. The number of hydrogen-bond acceptors (Lipinski definition) is 5. The van der Waals surface area contributed by atoms with Crippen LogP contribution in [0.25, 0.3) is 11.3 Å². The zero-order valence-electron chi connectivity index (χ0n) is 17.1. The summed E-state index contributed by atoms with van der Waals surface area (Å²) in [4.78, 5) is 5.81. The van der Waals surface area contributed by atoms with Crippen LogP contribution in [0.5, 0.6) is 5.88 Å². The largest absolute Gasteiger partial charge is 0.478 e. The molecule has 0 aliphatic rings. The number of rotatable bonds is 10. The van der Waals surface area contributed by atoms with E-state index in [4.69, 9.17) is 9.84 Å². The predicted octanol–water partition coefficient (Wildman–Crippen LogP) is 4.09. The third kappa shape index (κ3) is 5.96. The molecule has 2 aromatic heterocycles. The van der Waals surface area contributed by atoms with Crippen LogP contribution >= 0.6 is 0 Å². The number of pyridine rings is 1. The van der Waals surface area contributed by atoms with Crippen molar-refractivity contribution >= 4 is 0 Å². The predicted molar refractivity (Wildman–Crippen MR) is 117 cm³/mol. The Bertz CT molecular complexity index is 1070. The fourth-order valence-electron chi connectivity index (χ4n) is 3.16. The number of halogens is 1. The number of aromatic nitrogens is 4. The first-order valence-corrected chi connectivity index (χ1v) is 10.3. The Kier molecular flexibility index (Phi) is 6.97. The maximum absolute atomic E-state index is 13.2. The molecule has 0 radical (unpaired) electrons. The summed E-state index contributed by atoms with van der Waals surface area (Å²) < 4.78 is 18.8. The standard InChI is InChI=1S/C24H24FN5O/c25-21-12-10-19(11-13-21)18-30-28-22(24(29-30)20-7-2-1-3-8-20)17-26-14-6-16-31-23-9-4-5-15-27-23/h1-5,7-13,15,26H,6,14,16-18H2. The van der Waals surface area contributed by atoms with Gasteiger partial charge in [-0.3, -0.25) is 0 Å². The molecule has 0 aliphatic heterocycles. The van der Waals surface area contributed by atoms with Gasteiger partial charge in [-0.2, -0.15) is 15.0 Å². The normalized spacial score (nSPS) is 10.9. The van der Waals surface area contributed by atoms with Gasteiger partial charge in [0, 0.05) is 24.4 Å². The van der Waals surface area contributed by atoms with E-state index in [1.807, 2.05) is 48.5 Å². The number of hydrogen-bond donors (Lipinski definition) is 1. The molecule has 6 nitrogen and oxygen atoms in total. The van der Waals surface area contributed by atoms with Gasteiger partial charge in [0.2, 0.25) is 5.88 Å². The number of nitrogens with one attached hydrogen (secondary N) is 1. The third-order valence-electron chi connectivity index (χ3n) is 4.69. The van der Waals surface area contributed by atoms with Crippen LogP contribution in [-0.4, -0.2) is 33.1 Å². The van der Waals surface area contributed by atoms with Gasteiger partial charge in [0.25, 0.3) is 0 Å². The van der Waals surface area contributed by atoms with Crippen molar-refractivity contribution in [2.75, 3.05) is 13.2 Å². The highest BCUT2D eigenvalue weighted by molar-refractivity contribution is 5.60. The van der Waals surface area contributed by atoms with Crippen molar-refractivity contribution in [1.82, 2.24) is 25.3 Å². The van der Waals surface area contributed by atoms with Gasteiger partial charge in [-0.15, -0.1) is 0 Å². The summed E-state index contributed by atoms with van der Waals surface area (Å²) in [5.41, 5.74) is 3.68. The van der Waals surface area contributed by atoms with E-state index in [-0.39, 0.29) is 5.82 Å². The minimum Gasteiger partial charge on any atom is -0.478 e. The molecule has 0 bridgehead atoms. The summed E-state index contributed by atoms with van der Waals surface area (Å²) in [6, 6.07) is 22.0. The first-order chi connectivity index (χ1) is 15.3. The highest BCUT2D eigenvalue weighted by Crippen LogP contribution is 2.20. The van der Waals surface area contributed by atoms with Gasteiger partial charge >= 0.3 is 0 Å². The molecule has 0 fully saturated rings. The van der Waals surface area contributed by atoms with Crippen molar-refractivity contribution in [3.05, 3.63) is 96.1 Å². The Hall–Kier alpha value is -3.58. The molecule has 2 aromatic carbocycles. The molecule has 0 spiro atoms. The number of ether oxygens (including phenoxy) is 1. The summed E-state index contributed by atoms with van der Waals surface area (Å²) in [6.45, 7) is 2.45. The van der Waals surface area contributed by atoms with Crippen LogP contribution in [0, 0.1) is 5.82 Å². The highest BCUT2D eigenvalue weighted by atomic mass is 19.1. The summed E-state index contributed by atoms with van der Waals surface area (Å²) >= 11 is 0. The van der Waals surface area contributed by atoms with Gasteiger partial charge in [-0.05, 0) is 36.7 Å². The van der Waals surface area contributed by atoms with Gasteiger partial charge < -0.3 is 10.1 Å². The second-order valence-corrected chi connectivity index (χ2v) is 7.06. The first-order valence-electron chi connectivity index (χ1n) is 10.3. The molecule has 0 saturated carbocycles. The van der Waals surface area contributed by atoms with E-state index < -0.39 is 0 Å². The minimum absolute atomic E-state index is 0.251. The van der Waals surface area contributed by atoms with Crippen LogP contribution < -0.4 is 10.1 Å². The highest BCUT2D eigenvalue weighted by Gasteiger charge is 2.13. The molecule has 0 unspecified atom stereocenters. The first kappa shape index (κ1) is 20.7. The average Bonchev–Trinajstić information content (AvgIpc) is 3.21. The SMILES string of the molecule is Fc1ccc(Cn2nc(CNCCCOc3ccccn3)c(-c3ccccc3)n2)cc1. The van der Waals surface area contributed by atoms with E-state index >= 15 is 0 Å². The topological polar surface area (TPSA) is 64.9 Å². The quantitative estimate of drug-likeness (QED) is 0.394. The van der Waals surface area contributed by atoms with E-state index in [1.54, 1.807) is 23.1 Å². The van der Waals surface area contributed by atoms with Crippen molar-refractivity contribution in [3.63, 3.8) is 0 Å². The molecule has 0 amide bonds. The smallest absolute Gasteiger partial charge is 0.213 e. The van der Waals surface area contributed by atoms with Gasteiger partial charge in [0.15, 0.2) is 0 Å². The van der Waals surface area contributed by atoms with Crippen LogP contribution in [0.15, 0.2) is 79.0 Å². The molecule has 0 saturated heterocycles. The summed E-state index contributed by atoms with van der Waals surface area (Å²) in [6.07, 6.45) is 2.56. The number of benzene rings is 2. The van der Waals surface area contributed by atoms with Crippen LogP contribution in [-0.2, 0) is 13.1 Å². The summed E-state index contributed by atoms with van der Waals surface area (Å²) in [5.74, 6) is 0.386. The van der Waals surface area contributed by atoms with Crippen LogP contribution in [0.2, 0.25) is 0 Å². The molecule has 4 rings (SSSR count). The second kappa shape index (κ2) is 10.4. The molecule has 7 heteroatoms. The molecule has 31 heavy (non-hydrogen) atoms. The van der Waals surface area contributed by atoms with Gasteiger partial charge in [-0.25, -0.2) is 9.37 Å². The lowest BCUT2D eigenvalue weighted by Gasteiger charge is -2.06. The minimum atomic E-state index is -0.251. The lowest BCUT2D eigenvalue weighted by atomic mass is 10.1. The fourth-order valence-corrected chi connectivity index (χ4v) is 3.16. The molecule has 4 aromatic rings. The van der Waals surface area contributed by atoms with Gasteiger partial charge in [0.05, 0.1) is 13.2 Å². The molecule has 0 aliphatic carbocycles. The second-order valence-electron chi connectivity index (χ2n) is 7.06. The Morgan fingerprint density at radius 1 is 0.903 bits per heavy atom. The van der Waals surface area contributed by atoms with E-state index in [2.05, 4.69) is 15.4 Å². The summed E-state index contributed by atoms with van der Waals surface area (Å²) in [5, 5.41) is 12.8. The van der Waals surface area contributed by atoms with E-state index in [9.17, 15) is 4.39 Å². The monoisotopic (exact) mass is 417 g/mol. The Morgan fingerprint density at radius 2 is 1.71 bits per heavy atom. The van der Waals surface area contributed by atoms with Crippen molar-refractivity contribution in [1.29, 1.82) is 0 Å². The van der Waals surface area contributed by atoms with Crippen LogP contribution in [0.3, 0.4) is 0 Å². The molecule has 0 atom stereocenters. The van der Waals surface area contributed by atoms with Crippen molar-refractivity contribution in [2.45, 2.75) is 19.5 Å². The van der Waals surface area contributed by atoms with E-state index in [0.717, 1.165) is 35.5 Å². The zero-order valence-corrected chi connectivity index (χ0v) is 17.1. The molecule has 158 valence electrons. The van der Waals surface area contributed by atoms with Crippen LogP contribution in [0.1, 0.15) is 17.7 Å². The van der Waals surface area contributed by atoms with Gasteiger partial charge in [-0.1, -0.05) is 48.5 Å². The molecule has 2 heterocycles. The lowest BCUT2D eigenvalue weighted by molar-refractivity contribution is 0.296. The fraction of sp³-hybridized carbons (Fsp3) is 0.208. The van der Waals surface area contributed by atoms with Crippen molar-refractivity contribution in [3.8, 4) is 17.1 Å². The average molecular weight is 417 g/mol. The molecular weight excluding hydrogens is 393 g/mol.